The molecule has 4 nitrogen and oxygen atoms in total. The van der Waals surface area contributed by atoms with E-state index in [4.69, 9.17) is 4.74 Å². The van der Waals surface area contributed by atoms with Crippen LogP contribution < -0.4 is 4.90 Å². The van der Waals surface area contributed by atoms with Crippen molar-refractivity contribution in [1.29, 1.82) is 0 Å². The van der Waals surface area contributed by atoms with E-state index in [0.29, 0.717) is 11.1 Å². The lowest BCUT2D eigenvalue weighted by Gasteiger charge is -2.27. The number of esters is 1. The lowest BCUT2D eigenvalue weighted by Crippen LogP contribution is -3.11. The van der Waals surface area contributed by atoms with Gasteiger partial charge in [0.2, 0.25) is 5.60 Å². The van der Waals surface area contributed by atoms with E-state index in [1.807, 2.05) is 0 Å². The van der Waals surface area contributed by atoms with Gasteiger partial charge in [-0.05, 0) is 49.2 Å². The van der Waals surface area contributed by atoms with Crippen molar-refractivity contribution in [2.24, 2.45) is 0 Å². The van der Waals surface area contributed by atoms with Crippen LogP contribution in [0.15, 0.2) is 57.5 Å². The molecule has 140 valence electrons. The monoisotopic (exact) mass is 484 g/mol. The van der Waals surface area contributed by atoms with Gasteiger partial charge in [0.15, 0.2) is 0 Å². The molecule has 6 heteroatoms. The quantitative estimate of drug-likeness (QED) is 0.565. The van der Waals surface area contributed by atoms with Crippen molar-refractivity contribution in [1.82, 2.24) is 0 Å². The molecule has 0 atom stereocenters. The fourth-order valence-electron chi connectivity index (χ4n) is 2.78. The van der Waals surface area contributed by atoms with E-state index in [2.05, 4.69) is 45.7 Å². The normalized spacial score (nSPS) is 11.6. The molecular formula is C20H24Br2NO3+. The third kappa shape index (κ3) is 4.94. The lowest BCUT2D eigenvalue weighted by molar-refractivity contribution is -0.896. The number of nitrogens with one attached hydrogen (secondary N) is 1. The maximum Gasteiger partial charge on any atom is 0.347 e. The first-order chi connectivity index (χ1) is 12.4. The average Bonchev–Trinajstić information content (AvgIpc) is 2.65. The molecule has 0 radical (unpaired) electrons. The molecule has 0 amide bonds. The summed E-state index contributed by atoms with van der Waals surface area (Å²) in [4.78, 5) is 14.2. The molecule has 2 rings (SSSR count). The van der Waals surface area contributed by atoms with Crippen LogP contribution in [0.1, 0.15) is 25.0 Å². The summed E-state index contributed by atoms with van der Waals surface area (Å²) in [7, 11) is 0. The van der Waals surface area contributed by atoms with Gasteiger partial charge in [-0.25, -0.2) is 4.79 Å². The molecule has 0 bridgehead atoms. The molecule has 0 aliphatic rings. The largest absolute Gasteiger partial charge is 0.457 e. The van der Waals surface area contributed by atoms with E-state index in [0.717, 1.165) is 28.6 Å². The number of ether oxygens (including phenoxy) is 1. The Kier molecular flexibility index (Phi) is 7.83. The summed E-state index contributed by atoms with van der Waals surface area (Å²) < 4.78 is 7.22. The number of benzene rings is 2. The molecule has 0 aromatic heterocycles. The van der Waals surface area contributed by atoms with Crippen molar-refractivity contribution in [3.8, 4) is 0 Å². The van der Waals surface area contributed by atoms with E-state index in [1.54, 1.807) is 48.5 Å². The van der Waals surface area contributed by atoms with Gasteiger partial charge in [0.05, 0.1) is 13.1 Å². The molecule has 0 aliphatic carbocycles. The summed E-state index contributed by atoms with van der Waals surface area (Å²) in [6.07, 6.45) is 0. The summed E-state index contributed by atoms with van der Waals surface area (Å²) in [5, 5.41) is 11.4. The van der Waals surface area contributed by atoms with Crippen LogP contribution in [0.3, 0.4) is 0 Å². The highest BCUT2D eigenvalue weighted by Crippen LogP contribution is 2.32. The Labute approximate surface area is 171 Å². The van der Waals surface area contributed by atoms with Crippen molar-refractivity contribution >= 4 is 37.8 Å². The summed E-state index contributed by atoms with van der Waals surface area (Å²) >= 11 is 6.76. The molecule has 0 unspecified atom stereocenters. The Morgan fingerprint density at radius 3 is 1.77 bits per heavy atom. The average molecular weight is 486 g/mol. The summed E-state index contributed by atoms with van der Waals surface area (Å²) in [6.45, 7) is 7.12. The standard InChI is InChI=1S/C20H23Br2NO3/c1-3-23(4-2)13-14-26-19(24)20(25,15-5-9-17(21)10-6-15)16-7-11-18(22)12-8-16/h5-12,25H,3-4,13-14H2,1-2H3/p+1. The summed E-state index contributed by atoms with van der Waals surface area (Å²) in [5.74, 6) is -0.659. The maximum atomic E-state index is 12.9. The molecular weight excluding hydrogens is 462 g/mol. The molecule has 26 heavy (non-hydrogen) atoms. The Morgan fingerprint density at radius 1 is 0.962 bits per heavy atom. The Hall–Kier alpha value is -1.21. The van der Waals surface area contributed by atoms with Crippen molar-refractivity contribution in [3.63, 3.8) is 0 Å². The number of hydrogen-bond donors (Lipinski definition) is 2. The molecule has 0 saturated heterocycles. The zero-order valence-electron chi connectivity index (χ0n) is 15.0. The van der Waals surface area contributed by atoms with Crippen LogP contribution in [0.25, 0.3) is 0 Å². The first-order valence-corrected chi connectivity index (χ1v) is 10.3. The minimum Gasteiger partial charge on any atom is -0.457 e. The van der Waals surface area contributed by atoms with Crippen LogP contribution in [-0.2, 0) is 15.1 Å². The van der Waals surface area contributed by atoms with Crippen molar-refractivity contribution < 1.29 is 19.5 Å². The van der Waals surface area contributed by atoms with Gasteiger partial charge in [0.1, 0.15) is 13.2 Å². The molecule has 0 fully saturated rings. The number of carbonyl (C=O) groups is 1. The van der Waals surface area contributed by atoms with Crippen molar-refractivity contribution in [3.05, 3.63) is 68.6 Å². The number of carbonyl (C=O) groups excluding carboxylic acids is 1. The van der Waals surface area contributed by atoms with Gasteiger partial charge in [0, 0.05) is 8.95 Å². The molecule has 0 heterocycles. The van der Waals surface area contributed by atoms with Crippen LogP contribution in [0, 0.1) is 0 Å². The van der Waals surface area contributed by atoms with Gasteiger partial charge in [-0.1, -0.05) is 56.1 Å². The molecule has 0 aliphatic heterocycles. The van der Waals surface area contributed by atoms with E-state index in [1.165, 1.54) is 4.90 Å². The smallest absolute Gasteiger partial charge is 0.347 e. The third-order valence-corrected chi connectivity index (χ3v) is 5.57. The predicted molar refractivity (Wildman–Crippen MR) is 109 cm³/mol. The first-order valence-electron chi connectivity index (χ1n) is 8.67. The minimum atomic E-state index is -1.85. The topological polar surface area (TPSA) is 51.0 Å². The fraction of sp³-hybridized carbons (Fsp3) is 0.350. The van der Waals surface area contributed by atoms with Crippen molar-refractivity contribution in [2.75, 3.05) is 26.2 Å². The van der Waals surface area contributed by atoms with Gasteiger partial charge >= 0.3 is 5.97 Å². The van der Waals surface area contributed by atoms with E-state index in [9.17, 15) is 9.90 Å². The number of likely N-dealkylation sites (N-methyl/N-ethyl adjacent to an activating group) is 1. The number of rotatable bonds is 8. The fourth-order valence-corrected chi connectivity index (χ4v) is 3.31. The Morgan fingerprint density at radius 2 is 1.38 bits per heavy atom. The number of quaternary nitrogens is 1. The Balaban J connectivity index is 2.29. The van der Waals surface area contributed by atoms with Crippen LogP contribution in [0.2, 0.25) is 0 Å². The number of halogens is 2. The van der Waals surface area contributed by atoms with Gasteiger partial charge in [-0.2, -0.15) is 0 Å². The third-order valence-electron chi connectivity index (χ3n) is 4.51. The van der Waals surface area contributed by atoms with Gasteiger partial charge < -0.3 is 14.7 Å². The molecule has 2 aromatic carbocycles. The summed E-state index contributed by atoms with van der Waals surface area (Å²) in [5.41, 5.74) is -0.897. The lowest BCUT2D eigenvalue weighted by atomic mass is 9.86. The highest BCUT2D eigenvalue weighted by atomic mass is 79.9. The van der Waals surface area contributed by atoms with Crippen LogP contribution in [-0.4, -0.2) is 37.3 Å². The van der Waals surface area contributed by atoms with Crippen molar-refractivity contribution in [2.45, 2.75) is 19.4 Å². The molecule has 2 N–H and O–H groups in total. The van der Waals surface area contributed by atoms with Crippen LogP contribution in [0.4, 0.5) is 0 Å². The zero-order valence-corrected chi connectivity index (χ0v) is 18.1. The van der Waals surface area contributed by atoms with Gasteiger partial charge in [0.25, 0.3) is 0 Å². The van der Waals surface area contributed by atoms with Gasteiger partial charge in [-0.15, -0.1) is 0 Å². The SMILES string of the molecule is CC[NH+](CC)CCOC(=O)C(O)(c1ccc(Br)cc1)c1ccc(Br)cc1. The Bertz CT molecular complexity index is 667. The minimum absolute atomic E-state index is 0.269. The second-order valence-electron chi connectivity index (χ2n) is 6.07. The van der Waals surface area contributed by atoms with E-state index < -0.39 is 11.6 Å². The van der Waals surface area contributed by atoms with Gasteiger partial charge in [-0.3, -0.25) is 0 Å². The maximum absolute atomic E-state index is 12.9. The van der Waals surface area contributed by atoms with E-state index >= 15 is 0 Å². The molecule has 0 saturated carbocycles. The highest BCUT2D eigenvalue weighted by Gasteiger charge is 2.41. The second kappa shape index (κ2) is 9.65. The first kappa shape index (κ1) is 21.1. The van der Waals surface area contributed by atoms with E-state index in [-0.39, 0.29) is 6.61 Å². The van der Waals surface area contributed by atoms with Crippen LogP contribution in [0.5, 0.6) is 0 Å². The predicted octanol–water partition coefficient (Wildman–Crippen LogP) is 2.92. The second-order valence-corrected chi connectivity index (χ2v) is 7.90. The number of aliphatic hydroxyl groups is 1. The highest BCUT2D eigenvalue weighted by molar-refractivity contribution is 9.10. The molecule has 2 aromatic rings. The number of hydrogen-bond acceptors (Lipinski definition) is 3. The zero-order chi connectivity index (χ0) is 19.2. The van der Waals surface area contributed by atoms with Crippen LogP contribution >= 0.6 is 31.9 Å². The summed E-state index contributed by atoms with van der Waals surface area (Å²) in [6, 6.07) is 14.1. The molecule has 0 spiro atoms.